The number of pyridine rings is 1. The minimum Gasteiger partial charge on any atom is -0.457 e. The van der Waals surface area contributed by atoms with Crippen molar-refractivity contribution in [1.82, 2.24) is 10.3 Å². The van der Waals surface area contributed by atoms with Gasteiger partial charge in [-0.15, -0.1) is 0 Å². The van der Waals surface area contributed by atoms with E-state index in [1.165, 1.54) is 5.56 Å². The summed E-state index contributed by atoms with van der Waals surface area (Å²) in [7, 11) is 0. The normalized spacial score (nSPS) is 10.9. The summed E-state index contributed by atoms with van der Waals surface area (Å²) in [4.78, 5) is 4.20. The van der Waals surface area contributed by atoms with Crippen LogP contribution in [0.3, 0.4) is 0 Å². The molecule has 0 aliphatic heterocycles. The van der Waals surface area contributed by atoms with E-state index in [1.807, 2.05) is 24.4 Å². The highest BCUT2D eigenvalue weighted by atomic mass is 16.5. The lowest BCUT2D eigenvalue weighted by Crippen LogP contribution is -2.14. The van der Waals surface area contributed by atoms with E-state index in [1.54, 1.807) is 6.20 Å². The quantitative estimate of drug-likeness (QED) is 0.760. The van der Waals surface area contributed by atoms with E-state index >= 15 is 0 Å². The van der Waals surface area contributed by atoms with Crippen LogP contribution in [0, 0.1) is 0 Å². The molecule has 1 aromatic carbocycles. The Labute approximate surface area is 127 Å². The number of rotatable bonds is 7. The van der Waals surface area contributed by atoms with E-state index < -0.39 is 0 Å². The average Bonchev–Trinajstić information content (AvgIpc) is 2.49. The number of aromatic nitrogens is 1. The molecule has 2 rings (SSSR count). The van der Waals surface area contributed by atoms with Crippen LogP contribution < -0.4 is 10.1 Å². The summed E-state index contributed by atoms with van der Waals surface area (Å²) in [5.41, 5.74) is 2.31. The van der Waals surface area contributed by atoms with Crippen molar-refractivity contribution in [2.24, 2.45) is 0 Å². The second kappa shape index (κ2) is 7.79. The maximum atomic E-state index is 6.15. The number of para-hydroxylation sites is 1. The van der Waals surface area contributed by atoms with Crippen molar-refractivity contribution in [3.63, 3.8) is 0 Å². The summed E-state index contributed by atoms with van der Waals surface area (Å²) in [5.74, 6) is 2.24. The standard InChI is InChI=1S/C18H24N2O/c1-4-10-19-12-15-13-20-11-9-17(15)21-18-8-6-5-7-16(18)14(2)3/h5-9,11,13-14,19H,4,10,12H2,1-3H3. The minimum absolute atomic E-state index is 0.435. The Morgan fingerprint density at radius 2 is 1.95 bits per heavy atom. The van der Waals surface area contributed by atoms with Crippen molar-refractivity contribution in [3.05, 3.63) is 53.9 Å². The van der Waals surface area contributed by atoms with Gasteiger partial charge in [-0.25, -0.2) is 0 Å². The van der Waals surface area contributed by atoms with E-state index in [-0.39, 0.29) is 0 Å². The first-order valence-corrected chi connectivity index (χ1v) is 7.62. The first-order valence-electron chi connectivity index (χ1n) is 7.62. The first kappa shape index (κ1) is 15.5. The fourth-order valence-electron chi connectivity index (χ4n) is 2.22. The van der Waals surface area contributed by atoms with Gasteiger partial charge in [-0.2, -0.15) is 0 Å². The third-order valence-corrected chi connectivity index (χ3v) is 3.36. The largest absolute Gasteiger partial charge is 0.457 e. The van der Waals surface area contributed by atoms with Crippen molar-refractivity contribution in [2.45, 2.75) is 39.7 Å². The maximum absolute atomic E-state index is 6.15. The molecule has 1 heterocycles. The van der Waals surface area contributed by atoms with E-state index in [2.05, 4.69) is 43.2 Å². The van der Waals surface area contributed by atoms with Gasteiger partial charge in [0.1, 0.15) is 11.5 Å². The van der Waals surface area contributed by atoms with Crippen LogP contribution >= 0.6 is 0 Å². The van der Waals surface area contributed by atoms with Gasteiger partial charge in [0.15, 0.2) is 0 Å². The second-order valence-corrected chi connectivity index (χ2v) is 5.45. The number of benzene rings is 1. The van der Waals surface area contributed by atoms with Gasteiger partial charge in [0.25, 0.3) is 0 Å². The smallest absolute Gasteiger partial charge is 0.135 e. The van der Waals surface area contributed by atoms with Crippen LogP contribution in [0.25, 0.3) is 0 Å². The van der Waals surface area contributed by atoms with Crippen molar-refractivity contribution < 1.29 is 4.74 Å². The van der Waals surface area contributed by atoms with Crippen LogP contribution in [-0.2, 0) is 6.54 Å². The molecule has 0 bridgehead atoms. The second-order valence-electron chi connectivity index (χ2n) is 5.45. The molecule has 0 saturated heterocycles. The lowest BCUT2D eigenvalue weighted by atomic mass is 10.0. The zero-order chi connectivity index (χ0) is 15.1. The van der Waals surface area contributed by atoms with Crippen LogP contribution in [0.5, 0.6) is 11.5 Å². The van der Waals surface area contributed by atoms with E-state index in [9.17, 15) is 0 Å². The summed E-state index contributed by atoms with van der Waals surface area (Å²) >= 11 is 0. The summed E-state index contributed by atoms with van der Waals surface area (Å²) in [6.07, 6.45) is 4.76. The van der Waals surface area contributed by atoms with Gasteiger partial charge < -0.3 is 10.1 Å². The predicted molar refractivity (Wildman–Crippen MR) is 86.8 cm³/mol. The third-order valence-electron chi connectivity index (χ3n) is 3.36. The van der Waals surface area contributed by atoms with Crippen molar-refractivity contribution in [1.29, 1.82) is 0 Å². The zero-order valence-corrected chi connectivity index (χ0v) is 13.1. The number of nitrogens with one attached hydrogen (secondary N) is 1. The molecule has 1 aromatic heterocycles. The van der Waals surface area contributed by atoms with E-state index in [4.69, 9.17) is 4.74 Å². The Kier molecular flexibility index (Phi) is 5.76. The maximum Gasteiger partial charge on any atom is 0.135 e. The molecule has 0 spiro atoms. The van der Waals surface area contributed by atoms with Crippen LogP contribution in [0.1, 0.15) is 44.2 Å². The molecule has 0 atom stereocenters. The lowest BCUT2D eigenvalue weighted by molar-refractivity contribution is 0.463. The molecule has 112 valence electrons. The molecule has 2 aromatic rings. The van der Waals surface area contributed by atoms with Crippen molar-refractivity contribution in [2.75, 3.05) is 6.54 Å². The Balaban J connectivity index is 2.20. The van der Waals surface area contributed by atoms with Gasteiger partial charge in [0.05, 0.1) is 0 Å². The molecular weight excluding hydrogens is 260 g/mol. The SMILES string of the molecule is CCCNCc1cnccc1Oc1ccccc1C(C)C. The summed E-state index contributed by atoms with van der Waals surface area (Å²) in [6, 6.07) is 10.1. The fraction of sp³-hybridized carbons (Fsp3) is 0.389. The Bertz CT molecular complexity index is 567. The zero-order valence-electron chi connectivity index (χ0n) is 13.1. The number of hydrogen-bond donors (Lipinski definition) is 1. The molecule has 3 nitrogen and oxygen atoms in total. The monoisotopic (exact) mass is 284 g/mol. The molecule has 0 amide bonds. The first-order chi connectivity index (χ1) is 10.2. The highest BCUT2D eigenvalue weighted by Crippen LogP contribution is 2.31. The van der Waals surface area contributed by atoms with Crippen molar-refractivity contribution >= 4 is 0 Å². The van der Waals surface area contributed by atoms with Crippen LogP contribution in [0.4, 0.5) is 0 Å². The van der Waals surface area contributed by atoms with Crippen LogP contribution in [-0.4, -0.2) is 11.5 Å². The molecule has 0 radical (unpaired) electrons. The van der Waals surface area contributed by atoms with Crippen molar-refractivity contribution in [3.8, 4) is 11.5 Å². The molecule has 1 N–H and O–H groups in total. The Morgan fingerprint density at radius 3 is 2.71 bits per heavy atom. The predicted octanol–water partition coefficient (Wildman–Crippen LogP) is 4.50. The fourth-order valence-corrected chi connectivity index (χ4v) is 2.22. The lowest BCUT2D eigenvalue weighted by Gasteiger charge is -2.15. The molecular formula is C18H24N2O. The molecule has 0 aliphatic carbocycles. The Morgan fingerprint density at radius 1 is 1.14 bits per heavy atom. The number of hydrogen-bond acceptors (Lipinski definition) is 3. The van der Waals surface area contributed by atoms with Gasteiger partial charge in [-0.3, -0.25) is 4.98 Å². The van der Waals surface area contributed by atoms with Crippen LogP contribution in [0.2, 0.25) is 0 Å². The molecule has 0 aliphatic rings. The Hall–Kier alpha value is -1.87. The molecule has 0 fully saturated rings. The molecule has 0 unspecified atom stereocenters. The van der Waals surface area contributed by atoms with Crippen LogP contribution in [0.15, 0.2) is 42.7 Å². The third kappa shape index (κ3) is 4.30. The summed E-state index contributed by atoms with van der Waals surface area (Å²) < 4.78 is 6.15. The van der Waals surface area contributed by atoms with Gasteiger partial charge in [-0.1, -0.05) is 39.0 Å². The molecule has 0 saturated carbocycles. The van der Waals surface area contributed by atoms with E-state index in [0.717, 1.165) is 36.6 Å². The van der Waals surface area contributed by atoms with Gasteiger partial charge in [0.2, 0.25) is 0 Å². The minimum atomic E-state index is 0.435. The summed E-state index contributed by atoms with van der Waals surface area (Å²) in [6.45, 7) is 8.29. The highest BCUT2D eigenvalue weighted by molar-refractivity contribution is 5.41. The topological polar surface area (TPSA) is 34.2 Å². The van der Waals surface area contributed by atoms with Gasteiger partial charge in [0, 0.05) is 24.5 Å². The van der Waals surface area contributed by atoms with E-state index in [0.29, 0.717) is 5.92 Å². The van der Waals surface area contributed by atoms with Gasteiger partial charge in [-0.05, 0) is 36.6 Å². The molecule has 3 heteroatoms. The number of nitrogens with zero attached hydrogens (tertiary/aromatic N) is 1. The number of ether oxygens (including phenoxy) is 1. The van der Waals surface area contributed by atoms with Gasteiger partial charge >= 0.3 is 0 Å². The highest BCUT2D eigenvalue weighted by Gasteiger charge is 2.10. The average molecular weight is 284 g/mol. The summed E-state index contributed by atoms with van der Waals surface area (Å²) in [5, 5.41) is 3.39. The molecule has 21 heavy (non-hydrogen) atoms.